The quantitative estimate of drug-likeness (QED) is 0.807. The number of anilines is 3. The van der Waals surface area contributed by atoms with Gasteiger partial charge in [-0.1, -0.05) is 18.2 Å². The molecule has 19 heavy (non-hydrogen) atoms. The summed E-state index contributed by atoms with van der Waals surface area (Å²) >= 11 is 0. The van der Waals surface area contributed by atoms with Crippen LogP contribution in [-0.4, -0.2) is 22.8 Å². The zero-order valence-electron chi connectivity index (χ0n) is 10.5. The standard InChI is InChI=1S/C13H14N4O2/c1-2-17(9-6-4-3-5-7-9)13-15-11(14)10(8-18)12(19)16-13/h3-8H,2H2,1H3,(H3,14,15,16,19). The van der Waals surface area contributed by atoms with Crippen molar-refractivity contribution in [3.05, 3.63) is 46.2 Å². The number of carbonyl (C=O) groups excluding carboxylic acids is 1. The minimum atomic E-state index is -0.535. The van der Waals surface area contributed by atoms with Crippen molar-refractivity contribution in [2.24, 2.45) is 0 Å². The third kappa shape index (κ3) is 2.47. The summed E-state index contributed by atoms with van der Waals surface area (Å²) in [7, 11) is 0. The van der Waals surface area contributed by atoms with Gasteiger partial charge in [0.25, 0.3) is 5.56 Å². The summed E-state index contributed by atoms with van der Waals surface area (Å²) in [4.78, 5) is 30.9. The number of hydrogen-bond donors (Lipinski definition) is 2. The van der Waals surface area contributed by atoms with Gasteiger partial charge in [0.2, 0.25) is 5.95 Å². The van der Waals surface area contributed by atoms with Crippen molar-refractivity contribution in [3.8, 4) is 0 Å². The first kappa shape index (κ1) is 12.8. The van der Waals surface area contributed by atoms with Crippen molar-refractivity contribution in [2.75, 3.05) is 17.2 Å². The van der Waals surface area contributed by atoms with E-state index >= 15 is 0 Å². The lowest BCUT2D eigenvalue weighted by atomic mass is 10.3. The predicted molar refractivity (Wildman–Crippen MR) is 73.8 cm³/mol. The second-order valence-electron chi connectivity index (χ2n) is 3.89. The monoisotopic (exact) mass is 258 g/mol. The van der Waals surface area contributed by atoms with Gasteiger partial charge in [0, 0.05) is 12.2 Å². The van der Waals surface area contributed by atoms with Crippen LogP contribution in [0.25, 0.3) is 0 Å². The Balaban J connectivity index is 2.51. The first-order valence-electron chi connectivity index (χ1n) is 5.85. The van der Waals surface area contributed by atoms with Crippen LogP contribution in [0, 0.1) is 0 Å². The van der Waals surface area contributed by atoms with Crippen LogP contribution in [0.2, 0.25) is 0 Å². The SMILES string of the molecule is CCN(c1ccccc1)c1nc(N)c(C=O)c(=O)[nH]1. The van der Waals surface area contributed by atoms with Crippen LogP contribution in [0.1, 0.15) is 17.3 Å². The molecular formula is C13H14N4O2. The second kappa shape index (κ2) is 5.34. The van der Waals surface area contributed by atoms with Gasteiger partial charge >= 0.3 is 0 Å². The van der Waals surface area contributed by atoms with Gasteiger partial charge in [-0.15, -0.1) is 0 Å². The molecule has 3 N–H and O–H groups in total. The van der Waals surface area contributed by atoms with Crippen LogP contribution in [0.3, 0.4) is 0 Å². The zero-order chi connectivity index (χ0) is 13.8. The number of nitrogen functional groups attached to an aromatic ring is 1. The van der Waals surface area contributed by atoms with Crippen LogP contribution in [0.5, 0.6) is 0 Å². The van der Waals surface area contributed by atoms with Crippen LogP contribution < -0.4 is 16.2 Å². The van der Waals surface area contributed by atoms with Gasteiger partial charge in [0.1, 0.15) is 11.4 Å². The predicted octanol–water partition coefficient (Wildman–Crippen LogP) is 1.32. The summed E-state index contributed by atoms with van der Waals surface area (Å²) in [5.74, 6) is 0.255. The van der Waals surface area contributed by atoms with E-state index in [9.17, 15) is 9.59 Å². The number of hydrogen-bond acceptors (Lipinski definition) is 5. The summed E-state index contributed by atoms with van der Waals surface area (Å²) in [6.07, 6.45) is 0.406. The summed E-state index contributed by atoms with van der Waals surface area (Å²) < 4.78 is 0. The molecule has 0 radical (unpaired) electrons. The highest BCUT2D eigenvalue weighted by Crippen LogP contribution is 2.21. The number of aromatic nitrogens is 2. The molecule has 0 aliphatic carbocycles. The maximum absolute atomic E-state index is 11.7. The Morgan fingerprint density at radius 2 is 2.05 bits per heavy atom. The van der Waals surface area contributed by atoms with Crippen LogP contribution in [0.4, 0.5) is 17.5 Å². The first-order chi connectivity index (χ1) is 9.17. The molecule has 2 rings (SSSR count). The van der Waals surface area contributed by atoms with E-state index in [0.717, 1.165) is 5.69 Å². The number of nitrogens with two attached hydrogens (primary N) is 1. The number of nitrogens with zero attached hydrogens (tertiary/aromatic N) is 2. The highest BCUT2D eigenvalue weighted by molar-refractivity contribution is 5.81. The minimum Gasteiger partial charge on any atom is -0.383 e. The Labute approximate surface area is 109 Å². The van der Waals surface area contributed by atoms with E-state index in [1.807, 2.05) is 37.3 Å². The molecule has 0 spiro atoms. The van der Waals surface area contributed by atoms with Gasteiger partial charge in [-0.05, 0) is 19.1 Å². The normalized spacial score (nSPS) is 10.2. The van der Waals surface area contributed by atoms with Gasteiger partial charge in [0.15, 0.2) is 6.29 Å². The lowest BCUT2D eigenvalue weighted by molar-refractivity contribution is 0.112. The molecule has 6 heteroatoms. The molecule has 0 bridgehead atoms. The van der Waals surface area contributed by atoms with Crippen molar-refractivity contribution in [2.45, 2.75) is 6.92 Å². The number of H-pyrrole nitrogens is 1. The van der Waals surface area contributed by atoms with Crippen molar-refractivity contribution in [1.82, 2.24) is 9.97 Å². The van der Waals surface area contributed by atoms with Crippen molar-refractivity contribution < 1.29 is 4.79 Å². The van der Waals surface area contributed by atoms with E-state index in [1.54, 1.807) is 4.90 Å². The average molecular weight is 258 g/mol. The van der Waals surface area contributed by atoms with Crippen molar-refractivity contribution in [3.63, 3.8) is 0 Å². The minimum absolute atomic E-state index is 0.0665. The molecule has 0 fully saturated rings. The van der Waals surface area contributed by atoms with Crippen LogP contribution in [0.15, 0.2) is 35.1 Å². The van der Waals surface area contributed by atoms with Crippen LogP contribution in [-0.2, 0) is 0 Å². The molecule has 0 saturated carbocycles. The molecule has 0 saturated heterocycles. The highest BCUT2D eigenvalue weighted by atomic mass is 16.1. The van der Waals surface area contributed by atoms with Gasteiger partial charge < -0.3 is 10.6 Å². The smallest absolute Gasteiger partial charge is 0.265 e. The number of benzene rings is 1. The largest absolute Gasteiger partial charge is 0.383 e. The van der Waals surface area contributed by atoms with E-state index in [2.05, 4.69) is 9.97 Å². The first-order valence-corrected chi connectivity index (χ1v) is 5.85. The van der Waals surface area contributed by atoms with Gasteiger partial charge in [-0.3, -0.25) is 14.6 Å². The Hall–Kier alpha value is -2.63. The lowest BCUT2D eigenvalue weighted by Crippen LogP contribution is -2.25. The molecule has 6 nitrogen and oxygen atoms in total. The topological polar surface area (TPSA) is 92.1 Å². The van der Waals surface area contributed by atoms with E-state index in [-0.39, 0.29) is 11.4 Å². The third-order valence-corrected chi connectivity index (χ3v) is 2.73. The fourth-order valence-electron chi connectivity index (χ4n) is 1.79. The summed E-state index contributed by atoms with van der Waals surface area (Å²) in [6, 6.07) is 9.47. The van der Waals surface area contributed by atoms with E-state index in [1.165, 1.54) is 0 Å². The van der Waals surface area contributed by atoms with Gasteiger partial charge in [0.05, 0.1) is 0 Å². The molecule has 1 aromatic heterocycles. The summed E-state index contributed by atoms with van der Waals surface area (Å²) in [6.45, 7) is 2.53. The highest BCUT2D eigenvalue weighted by Gasteiger charge is 2.13. The van der Waals surface area contributed by atoms with E-state index in [4.69, 9.17) is 5.73 Å². The average Bonchev–Trinajstić information content (AvgIpc) is 2.40. The molecule has 0 amide bonds. The molecule has 98 valence electrons. The summed E-state index contributed by atoms with van der Waals surface area (Å²) in [5, 5.41) is 0. The second-order valence-corrected chi connectivity index (χ2v) is 3.89. The van der Waals surface area contributed by atoms with E-state index < -0.39 is 5.56 Å². The molecule has 1 aromatic carbocycles. The molecule has 0 aliphatic rings. The fraction of sp³-hybridized carbons (Fsp3) is 0.154. The van der Waals surface area contributed by atoms with Crippen molar-refractivity contribution in [1.29, 1.82) is 0 Å². The summed E-state index contributed by atoms with van der Waals surface area (Å²) in [5.41, 5.74) is 5.81. The maximum Gasteiger partial charge on any atom is 0.265 e. The maximum atomic E-state index is 11.7. The molecular weight excluding hydrogens is 244 g/mol. The Bertz CT molecular complexity index is 637. The number of rotatable bonds is 4. The molecule has 0 aliphatic heterocycles. The molecule has 2 aromatic rings. The number of nitrogens with one attached hydrogen (secondary N) is 1. The molecule has 0 atom stereocenters. The number of aromatic amines is 1. The van der Waals surface area contributed by atoms with Gasteiger partial charge in [-0.25, -0.2) is 0 Å². The zero-order valence-corrected chi connectivity index (χ0v) is 10.5. The van der Waals surface area contributed by atoms with E-state index in [0.29, 0.717) is 18.8 Å². The molecule has 1 heterocycles. The Kier molecular flexibility index (Phi) is 3.61. The Morgan fingerprint density at radius 3 is 2.58 bits per heavy atom. The van der Waals surface area contributed by atoms with Crippen LogP contribution >= 0.6 is 0 Å². The fourth-order valence-corrected chi connectivity index (χ4v) is 1.79. The molecule has 0 unspecified atom stereocenters. The number of aldehydes is 1. The Morgan fingerprint density at radius 1 is 1.37 bits per heavy atom. The number of carbonyl (C=O) groups is 1. The lowest BCUT2D eigenvalue weighted by Gasteiger charge is -2.21. The van der Waals surface area contributed by atoms with Gasteiger partial charge in [-0.2, -0.15) is 4.98 Å². The third-order valence-electron chi connectivity index (χ3n) is 2.73. The van der Waals surface area contributed by atoms with Crippen molar-refractivity contribution >= 4 is 23.7 Å². The number of para-hydroxylation sites is 1.